The quantitative estimate of drug-likeness (QED) is 0.829. The largest absolute Gasteiger partial charge is 0.493 e. The molecule has 1 saturated heterocycles. The van der Waals surface area contributed by atoms with Crippen LogP contribution < -0.4 is 0 Å². The molecule has 4 rings (SSSR count). The van der Waals surface area contributed by atoms with Crippen LogP contribution >= 0.6 is 0 Å². The first-order valence-electron chi connectivity index (χ1n) is 7.80. The van der Waals surface area contributed by atoms with E-state index in [2.05, 4.69) is 30.4 Å². The Morgan fingerprint density at radius 1 is 1.00 bits per heavy atom. The predicted molar refractivity (Wildman–Crippen MR) is 80.5 cm³/mol. The Morgan fingerprint density at radius 3 is 2.57 bits per heavy atom. The monoisotopic (exact) mass is 284 g/mol. The van der Waals surface area contributed by atoms with Gasteiger partial charge in [0.05, 0.1) is 19.0 Å². The summed E-state index contributed by atoms with van der Waals surface area (Å²) in [5, 5.41) is 0. The van der Waals surface area contributed by atoms with Crippen LogP contribution in [0.5, 0.6) is 0 Å². The van der Waals surface area contributed by atoms with E-state index in [0.29, 0.717) is 0 Å². The van der Waals surface area contributed by atoms with Crippen LogP contribution in [0.4, 0.5) is 0 Å². The molecule has 2 unspecified atom stereocenters. The van der Waals surface area contributed by atoms with Crippen LogP contribution in [0.15, 0.2) is 36.6 Å². The third kappa shape index (κ3) is 2.58. The minimum Gasteiger partial charge on any atom is -0.493 e. The molecule has 3 aliphatic rings. The second-order valence-corrected chi connectivity index (χ2v) is 5.83. The summed E-state index contributed by atoms with van der Waals surface area (Å²) in [6.45, 7) is 1.65. The van der Waals surface area contributed by atoms with E-state index in [0.717, 1.165) is 50.2 Å². The van der Waals surface area contributed by atoms with Crippen molar-refractivity contribution in [2.45, 2.75) is 37.9 Å². The molecule has 0 saturated carbocycles. The van der Waals surface area contributed by atoms with E-state index in [9.17, 15) is 0 Å². The van der Waals surface area contributed by atoms with Gasteiger partial charge in [-0.15, -0.1) is 0 Å². The lowest BCUT2D eigenvalue weighted by Gasteiger charge is -2.18. The standard InChI is InChI=1S/C18H20O3/c1-4-16(19-7-1)13-10-14(17-5-2-8-20-17)12-15(11-13)18-6-3-9-21-18/h1,5,7,10-12,16,18H,2-4,6,8-9H2. The Balaban J connectivity index is 1.71. The molecule has 3 heteroatoms. The number of rotatable bonds is 3. The predicted octanol–water partition coefficient (Wildman–Crippen LogP) is 4.27. The first-order valence-corrected chi connectivity index (χ1v) is 7.80. The van der Waals surface area contributed by atoms with Crippen LogP contribution in [0.1, 0.15) is 54.6 Å². The third-order valence-corrected chi connectivity index (χ3v) is 4.33. The van der Waals surface area contributed by atoms with Gasteiger partial charge in [0.2, 0.25) is 0 Å². The summed E-state index contributed by atoms with van der Waals surface area (Å²) in [6.07, 6.45) is 10.6. The summed E-state index contributed by atoms with van der Waals surface area (Å²) in [6, 6.07) is 6.67. The molecular formula is C18H20O3. The highest BCUT2D eigenvalue weighted by Gasteiger charge is 2.23. The molecule has 3 heterocycles. The Hall–Kier alpha value is -1.74. The molecule has 3 aliphatic heterocycles. The first kappa shape index (κ1) is 13.0. The van der Waals surface area contributed by atoms with E-state index in [1.54, 1.807) is 6.26 Å². The second kappa shape index (κ2) is 5.57. The van der Waals surface area contributed by atoms with Crippen molar-refractivity contribution in [3.63, 3.8) is 0 Å². The molecule has 1 fully saturated rings. The van der Waals surface area contributed by atoms with Gasteiger partial charge in [0.1, 0.15) is 11.9 Å². The van der Waals surface area contributed by atoms with E-state index >= 15 is 0 Å². The lowest BCUT2D eigenvalue weighted by Crippen LogP contribution is -2.03. The van der Waals surface area contributed by atoms with Crippen molar-refractivity contribution in [3.05, 3.63) is 53.3 Å². The van der Waals surface area contributed by atoms with Crippen molar-refractivity contribution in [2.75, 3.05) is 13.2 Å². The summed E-state index contributed by atoms with van der Waals surface area (Å²) in [5.74, 6) is 1.00. The van der Waals surface area contributed by atoms with E-state index < -0.39 is 0 Å². The van der Waals surface area contributed by atoms with Crippen molar-refractivity contribution in [3.8, 4) is 0 Å². The average molecular weight is 284 g/mol. The van der Waals surface area contributed by atoms with E-state index in [1.165, 1.54) is 11.1 Å². The van der Waals surface area contributed by atoms with Gasteiger partial charge in [0.15, 0.2) is 0 Å². The Labute approximate surface area is 125 Å². The van der Waals surface area contributed by atoms with E-state index in [1.807, 2.05) is 0 Å². The molecule has 3 nitrogen and oxygen atoms in total. The minimum absolute atomic E-state index is 0.132. The molecule has 0 spiro atoms. The van der Waals surface area contributed by atoms with Crippen molar-refractivity contribution >= 4 is 5.76 Å². The molecule has 110 valence electrons. The lowest BCUT2D eigenvalue weighted by molar-refractivity contribution is 0.111. The normalized spacial score (nSPS) is 27.5. The topological polar surface area (TPSA) is 27.7 Å². The van der Waals surface area contributed by atoms with Crippen molar-refractivity contribution in [2.24, 2.45) is 0 Å². The van der Waals surface area contributed by atoms with Crippen molar-refractivity contribution in [1.82, 2.24) is 0 Å². The third-order valence-electron chi connectivity index (χ3n) is 4.33. The molecule has 0 radical (unpaired) electrons. The summed E-state index contributed by atoms with van der Waals surface area (Å²) < 4.78 is 17.3. The molecule has 21 heavy (non-hydrogen) atoms. The van der Waals surface area contributed by atoms with Crippen LogP contribution in [-0.2, 0) is 14.2 Å². The summed E-state index contributed by atoms with van der Waals surface area (Å²) in [7, 11) is 0. The highest BCUT2D eigenvalue weighted by atomic mass is 16.5. The number of ether oxygens (including phenoxy) is 3. The minimum atomic E-state index is 0.132. The van der Waals surface area contributed by atoms with Gasteiger partial charge in [0.25, 0.3) is 0 Å². The number of hydrogen-bond acceptors (Lipinski definition) is 3. The molecule has 0 N–H and O–H groups in total. The van der Waals surface area contributed by atoms with E-state index in [-0.39, 0.29) is 12.2 Å². The van der Waals surface area contributed by atoms with Gasteiger partial charge >= 0.3 is 0 Å². The van der Waals surface area contributed by atoms with E-state index in [4.69, 9.17) is 14.2 Å². The summed E-state index contributed by atoms with van der Waals surface area (Å²) in [4.78, 5) is 0. The Morgan fingerprint density at radius 2 is 1.90 bits per heavy atom. The summed E-state index contributed by atoms with van der Waals surface area (Å²) >= 11 is 0. The smallest absolute Gasteiger partial charge is 0.126 e. The van der Waals surface area contributed by atoms with Gasteiger partial charge in [-0.25, -0.2) is 0 Å². The van der Waals surface area contributed by atoms with Crippen LogP contribution in [0.25, 0.3) is 5.76 Å². The van der Waals surface area contributed by atoms with Gasteiger partial charge in [-0.2, -0.15) is 0 Å². The fourth-order valence-corrected chi connectivity index (χ4v) is 3.25. The molecule has 0 aliphatic carbocycles. The maximum atomic E-state index is 5.86. The fourth-order valence-electron chi connectivity index (χ4n) is 3.25. The van der Waals surface area contributed by atoms with Crippen LogP contribution in [-0.4, -0.2) is 13.2 Å². The first-order chi connectivity index (χ1) is 10.4. The number of benzene rings is 1. The van der Waals surface area contributed by atoms with Crippen molar-refractivity contribution in [1.29, 1.82) is 0 Å². The zero-order valence-corrected chi connectivity index (χ0v) is 12.1. The Kier molecular flexibility index (Phi) is 3.44. The van der Waals surface area contributed by atoms with Gasteiger partial charge < -0.3 is 14.2 Å². The zero-order valence-electron chi connectivity index (χ0n) is 12.1. The molecule has 0 aromatic heterocycles. The van der Waals surface area contributed by atoms with Crippen LogP contribution in [0.3, 0.4) is 0 Å². The molecule has 2 atom stereocenters. The fraction of sp³-hybridized carbons (Fsp3) is 0.444. The average Bonchev–Trinajstić information content (AvgIpc) is 3.29. The second-order valence-electron chi connectivity index (χ2n) is 5.83. The van der Waals surface area contributed by atoms with Gasteiger partial charge in [-0.1, -0.05) is 0 Å². The highest BCUT2D eigenvalue weighted by molar-refractivity contribution is 5.63. The maximum Gasteiger partial charge on any atom is 0.126 e. The zero-order chi connectivity index (χ0) is 14.1. The Bertz CT molecular complexity index is 554. The van der Waals surface area contributed by atoms with Gasteiger partial charge in [0, 0.05) is 25.0 Å². The maximum absolute atomic E-state index is 5.86. The van der Waals surface area contributed by atoms with Crippen LogP contribution in [0.2, 0.25) is 0 Å². The molecule has 1 aromatic rings. The SMILES string of the molecule is C1=COC(c2cc(C3=CCCO3)cc(C3CCCO3)c2)C1. The van der Waals surface area contributed by atoms with Crippen molar-refractivity contribution < 1.29 is 14.2 Å². The van der Waals surface area contributed by atoms with Gasteiger partial charge in [-0.05, 0) is 54.3 Å². The molecular weight excluding hydrogens is 264 g/mol. The highest BCUT2D eigenvalue weighted by Crippen LogP contribution is 2.36. The lowest BCUT2D eigenvalue weighted by atomic mass is 9.96. The number of hydrogen-bond donors (Lipinski definition) is 0. The van der Waals surface area contributed by atoms with Crippen LogP contribution in [0, 0.1) is 0 Å². The molecule has 0 bridgehead atoms. The van der Waals surface area contributed by atoms with Gasteiger partial charge in [-0.3, -0.25) is 0 Å². The molecule has 1 aromatic carbocycles. The summed E-state index contributed by atoms with van der Waals surface area (Å²) in [5.41, 5.74) is 3.64. The molecule has 0 amide bonds.